The molecule has 1 amide bonds. The van der Waals surface area contributed by atoms with Gasteiger partial charge in [-0.05, 0) is 67.1 Å². The van der Waals surface area contributed by atoms with E-state index >= 15 is 0 Å². The third-order valence-electron chi connectivity index (χ3n) is 4.94. The number of carbonyl (C=O) groups excluding carboxylic acids is 1. The number of nitrogens with one attached hydrogen (secondary N) is 1. The highest BCUT2D eigenvalue weighted by molar-refractivity contribution is 7.16. The largest absolute Gasteiger partial charge is 0.457 e. The van der Waals surface area contributed by atoms with Crippen LogP contribution in [-0.2, 0) is 12.8 Å². The van der Waals surface area contributed by atoms with Crippen LogP contribution in [0.3, 0.4) is 0 Å². The molecule has 3 aromatic rings. The average molecular weight is 388 g/mol. The Labute approximate surface area is 168 Å². The molecule has 0 bridgehead atoms. The Hall–Kier alpha value is -3.10. The van der Waals surface area contributed by atoms with Crippen LogP contribution in [0, 0.1) is 17.2 Å². The predicted molar refractivity (Wildman–Crippen MR) is 111 cm³/mol. The lowest BCUT2D eigenvalue weighted by Gasteiger charge is -2.17. The van der Waals surface area contributed by atoms with E-state index in [0.717, 1.165) is 30.6 Å². The first-order valence-electron chi connectivity index (χ1n) is 9.33. The molecule has 4 nitrogen and oxygen atoms in total. The first-order valence-corrected chi connectivity index (χ1v) is 10.1. The zero-order chi connectivity index (χ0) is 19.5. The van der Waals surface area contributed by atoms with Crippen LogP contribution in [0.5, 0.6) is 11.5 Å². The summed E-state index contributed by atoms with van der Waals surface area (Å²) in [4.78, 5) is 13.9. The van der Waals surface area contributed by atoms with Gasteiger partial charge in [-0.3, -0.25) is 4.79 Å². The lowest BCUT2D eigenvalue weighted by Crippen LogP contribution is -2.12. The maximum atomic E-state index is 12.7. The summed E-state index contributed by atoms with van der Waals surface area (Å²) in [5.74, 6) is 1.78. The number of rotatable bonds is 4. The maximum absolute atomic E-state index is 12.7. The molecule has 140 valence electrons. The van der Waals surface area contributed by atoms with Crippen LogP contribution in [0.1, 0.15) is 39.7 Å². The van der Waals surface area contributed by atoms with E-state index in [4.69, 9.17) is 4.74 Å². The number of carbonyl (C=O) groups is 1. The standard InChI is InChI=1S/C23H20N2O2S/c1-15-7-12-21-19(13-15)20(14-24)23(28-21)25-22(26)16-8-10-18(11-9-16)27-17-5-3-2-4-6-17/h2-6,8-11,15H,7,12-13H2,1H3,(H,25,26)/t15-/m0/s1. The molecule has 0 spiro atoms. The van der Waals surface area contributed by atoms with Crippen molar-refractivity contribution in [2.75, 3.05) is 5.32 Å². The van der Waals surface area contributed by atoms with Crippen LogP contribution >= 0.6 is 11.3 Å². The number of nitrogens with zero attached hydrogens (tertiary/aromatic N) is 1. The third kappa shape index (κ3) is 3.78. The van der Waals surface area contributed by atoms with Crippen molar-refractivity contribution in [1.29, 1.82) is 5.26 Å². The van der Waals surface area contributed by atoms with Crippen molar-refractivity contribution >= 4 is 22.2 Å². The van der Waals surface area contributed by atoms with Crippen molar-refractivity contribution in [3.63, 3.8) is 0 Å². The number of benzene rings is 2. The lowest BCUT2D eigenvalue weighted by atomic mass is 9.88. The normalized spacial score (nSPS) is 15.4. The molecule has 0 saturated heterocycles. The van der Waals surface area contributed by atoms with E-state index < -0.39 is 0 Å². The number of hydrogen-bond donors (Lipinski definition) is 1. The quantitative estimate of drug-likeness (QED) is 0.615. The van der Waals surface area contributed by atoms with Crippen LogP contribution in [0.15, 0.2) is 54.6 Å². The van der Waals surface area contributed by atoms with E-state index in [-0.39, 0.29) is 5.91 Å². The molecule has 0 radical (unpaired) electrons. The van der Waals surface area contributed by atoms with Gasteiger partial charge in [-0.1, -0.05) is 25.1 Å². The van der Waals surface area contributed by atoms with Gasteiger partial charge in [0.05, 0.1) is 5.56 Å². The summed E-state index contributed by atoms with van der Waals surface area (Å²) in [5, 5.41) is 13.2. The van der Waals surface area contributed by atoms with Crippen molar-refractivity contribution in [2.24, 2.45) is 5.92 Å². The highest BCUT2D eigenvalue weighted by atomic mass is 32.1. The molecule has 1 aromatic heterocycles. The van der Waals surface area contributed by atoms with Crippen molar-refractivity contribution in [1.82, 2.24) is 0 Å². The number of anilines is 1. The van der Waals surface area contributed by atoms with Gasteiger partial charge in [0.1, 0.15) is 22.6 Å². The Bertz CT molecular complexity index is 1030. The second-order valence-electron chi connectivity index (χ2n) is 7.06. The Morgan fingerprint density at radius 2 is 1.86 bits per heavy atom. The van der Waals surface area contributed by atoms with E-state index in [1.807, 2.05) is 30.3 Å². The molecule has 28 heavy (non-hydrogen) atoms. The molecule has 0 fully saturated rings. The summed E-state index contributed by atoms with van der Waals surface area (Å²) in [5.41, 5.74) is 2.28. The minimum absolute atomic E-state index is 0.214. The predicted octanol–water partition coefficient (Wildman–Crippen LogP) is 5.79. The number of aryl methyl sites for hydroxylation is 1. The highest BCUT2D eigenvalue weighted by Gasteiger charge is 2.25. The Kier molecular flexibility index (Phi) is 5.14. The maximum Gasteiger partial charge on any atom is 0.256 e. The second kappa shape index (κ2) is 7.87. The van der Waals surface area contributed by atoms with E-state index in [2.05, 4.69) is 18.3 Å². The summed E-state index contributed by atoms with van der Waals surface area (Å²) in [6, 6.07) is 18.8. The number of fused-ring (bicyclic) bond motifs is 1. The highest BCUT2D eigenvalue weighted by Crippen LogP contribution is 2.39. The van der Waals surface area contributed by atoms with Crippen molar-refractivity contribution < 1.29 is 9.53 Å². The number of para-hydroxylation sites is 1. The molecule has 0 unspecified atom stereocenters. The molecule has 5 heteroatoms. The number of amides is 1. The lowest BCUT2D eigenvalue weighted by molar-refractivity contribution is 0.102. The molecular weight excluding hydrogens is 368 g/mol. The number of ether oxygens (including phenoxy) is 1. The van der Waals surface area contributed by atoms with Gasteiger partial charge in [0.25, 0.3) is 5.91 Å². The fourth-order valence-corrected chi connectivity index (χ4v) is 4.63. The Morgan fingerprint density at radius 1 is 1.14 bits per heavy atom. The molecule has 1 N–H and O–H groups in total. The monoisotopic (exact) mass is 388 g/mol. The fraction of sp³-hybridized carbons (Fsp3) is 0.217. The van der Waals surface area contributed by atoms with E-state index in [1.165, 1.54) is 16.2 Å². The van der Waals surface area contributed by atoms with Gasteiger partial charge in [-0.15, -0.1) is 11.3 Å². The number of nitriles is 1. The molecule has 1 atom stereocenters. The minimum atomic E-state index is -0.214. The summed E-state index contributed by atoms with van der Waals surface area (Å²) in [6.07, 6.45) is 3.03. The third-order valence-corrected chi connectivity index (χ3v) is 6.15. The van der Waals surface area contributed by atoms with Crippen molar-refractivity contribution in [2.45, 2.75) is 26.2 Å². The van der Waals surface area contributed by atoms with Gasteiger partial charge in [-0.2, -0.15) is 5.26 Å². The average Bonchev–Trinajstić information content (AvgIpc) is 3.05. The molecule has 0 saturated carbocycles. The molecule has 4 rings (SSSR count). The molecule has 1 aliphatic rings. The first kappa shape index (κ1) is 18.3. The molecule has 0 aliphatic heterocycles. The second-order valence-corrected chi connectivity index (χ2v) is 8.17. The van der Waals surface area contributed by atoms with Gasteiger partial charge in [0.2, 0.25) is 0 Å². The van der Waals surface area contributed by atoms with Gasteiger partial charge >= 0.3 is 0 Å². The smallest absolute Gasteiger partial charge is 0.256 e. The molecule has 2 aromatic carbocycles. The van der Waals surface area contributed by atoms with Crippen LogP contribution in [0.2, 0.25) is 0 Å². The van der Waals surface area contributed by atoms with E-state index in [9.17, 15) is 10.1 Å². The Balaban J connectivity index is 1.49. The first-order chi connectivity index (χ1) is 13.6. The molecule has 1 aliphatic carbocycles. The Morgan fingerprint density at radius 3 is 2.57 bits per heavy atom. The van der Waals surface area contributed by atoms with Crippen LogP contribution in [0.25, 0.3) is 0 Å². The van der Waals surface area contributed by atoms with Gasteiger partial charge in [-0.25, -0.2) is 0 Å². The van der Waals surface area contributed by atoms with E-state index in [0.29, 0.717) is 27.8 Å². The van der Waals surface area contributed by atoms with E-state index in [1.54, 1.807) is 24.3 Å². The summed E-state index contributed by atoms with van der Waals surface area (Å²) < 4.78 is 5.76. The number of thiophene rings is 1. The zero-order valence-electron chi connectivity index (χ0n) is 15.6. The topological polar surface area (TPSA) is 62.1 Å². The molecule has 1 heterocycles. The van der Waals surface area contributed by atoms with Crippen LogP contribution in [-0.4, -0.2) is 5.91 Å². The minimum Gasteiger partial charge on any atom is -0.457 e. The molecular formula is C23H20N2O2S. The summed E-state index contributed by atoms with van der Waals surface area (Å²) in [6.45, 7) is 2.21. The van der Waals surface area contributed by atoms with Gasteiger partial charge < -0.3 is 10.1 Å². The van der Waals surface area contributed by atoms with Gasteiger partial charge in [0, 0.05) is 10.4 Å². The van der Waals surface area contributed by atoms with Crippen LogP contribution < -0.4 is 10.1 Å². The summed E-state index contributed by atoms with van der Waals surface area (Å²) >= 11 is 1.54. The SMILES string of the molecule is C[C@H]1CCc2sc(NC(=O)c3ccc(Oc4ccccc4)cc3)c(C#N)c2C1. The fourth-order valence-electron chi connectivity index (χ4n) is 3.44. The number of hydrogen-bond acceptors (Lipinski definition) is 4. The van der Waals surface area contributed by atoms with Crippen LogP contribution in [0.4, 0.5) is 5.00 Å². The van der Waals surface area contributed by atoms with Crippen molar-refractivity contribution in [3.8, 4) is 17.6 Å². The summed E-state index contributed by atoms with van der Waals surface area (Å²) in [7, 11) is 0. The van der Waals surface area contributed by atoms with Gasteiger partial charge in [0.15, 0.2) is 0 Å². The van der Waals surface area contributed by atoms with Crippen molar-refractivity contribution in [3.05, 3.63) is 76.2 Å². The zero-order valence-corrected chi connectivity index (χ0v) is 16.4.